The number of rotatable bonds is 6. The number of hydrogen-bond donors (Lipinski definition) is 2. The van der Waals surface area contributed by atoms with Crippen LogP contribution in [0.15, 0.2) is 0 Å². The third-order valence-corrected chi connectivity index (χ3v) is 2.88. The zero-order chi connectivity index (χ0) is 16.8. The molecule has 0 aliphatic rings. The van der Waals surface area contributed by atoms with Gasteiger partial charge in [-0.2, -0.15) is 0 Å². The molecule has 0 saturated carbocycles. The van der Waals surface area contributed by atoms with E-state index in [-0.39, 0.29) is 28.9 Å². The highest BCUT2D eigenvalue weighted by atomic mass is 16.2. The zero-order valence-electron chi connectivity index (χ0n) is 15.0. The lowest BCUT2D eigenvalue weighted by Gasteiger charge is -2.27. The summed E-state index contributed by atoms with van der Waals surface area (Å²) in [6.07, 6.45) is 1.52. The van der Waals surface area contributed by atoms with Crippen LogP contribution < -0.4 is 10.6 Å². The van der Waals surface area contributed by atoms with Crippen LogP contribution in [-0.2, 0) is 9.59 Å². The highest BCUT2D eigenvalue weighted by molar-refractivity contribution is 5.78. The molecule has 0 aromatic rings. The molecule has 0 heterocycles. The second kappa shape index (κ2) is 7.78. The van der Waals surface area contributed by atoms with E-state index in [0.29, 0.717) is 19.3 Å². The average Bonchev–Trinajstić information content (AvgIpc) is 2.18. The van der Waals surface area contributed by atoms with E-state index in [4.69, 9.17) is 0 Å². The van der Waals surface area contributed by atoms with Crippen LogP contribution in [0.25, 0.3) is 0 Å². The van der Waals surface area contributed by atoms with Gasteiger partial charge in [0.2, 0.25) is 11.8 Å². The van der Waals surface area contributed by atoms with Crippen molar-refractivity contribution in [3.05, 3.63) is 0 Å². The van der Waals surface area contributed by atoms with Crippen molar-refractivity contribution in [2.45, 2.75) is 77.9 Å². The Labute approximate surface area is 129 Å². The quantitative estimate of drug-likeness (QED) is 0.787. The molecule has 2 amide bonds. The Morgan fingerprint density at radius 3 is 1.71 bits per heavy atom. The summed E-state index contributed by atoms with van der Waals surface area (Å²) in [5.74, 6) is 0.0583. The minimum absolute atomic E-state index is 0.0254. The topological polar surface area (TPSA) is 61.4 Å². The summed E-state index contributed by atoms with van der Waals surface area (Å²) in [5.41, 5.74) is -0.439. The number of carbonyl (C=O) groups is 2. The predicted molar refractivity (Wildman–Crippen MR) is 87.1 cm³/mol. The van der Waals surface area contributed by atoms with Crippen molar-refractivity contribution in [2.75, 3.05) is 14.1 Å². The highest BCUT2D eigenvalue weighted by Crippen LogP contribution is 2.11. The first-order valence-electron chi connectivity index (χ1n) is 7.58. The molecule has 1 atom stereocenters. The third kappa shape index (κ3) is 11.3. The fourth-order valence-electron chi connectivity index (χ4n) is 2.00. The summed E-state index contributed by atoms with van der Waals surface area (Å²) in [4.78, 5) is 25.9. The average molecular weight is 299 g/mol. The van der Waals surface area contributed by atoms with Gasteiger partial charge in [0.1, 0.15) is 0 Å². The maximum Gasteiger partial charge on any atom is 0.221 e. The fraction of sp³-hybridized carbons (Fsp3) is 0.875. The summed E-state index contributed by atoms with van der Waals surface area (Å²) in [7, 11) is 3.88. The molecule has 0 fully saturated rings. The van der Waals surface area contributed by atoms with Crippen LogP contribution in [0, 0.1) is 0 Å². The molecule has 5 heteroatoms. The van der Waals surface area contributed by atoms with E-state index < -0.39 is 0 Å². The van der Waals surface area contributed by atoms with Crippen molar-refractivity contribution in [2.24, 2.45) is 0 Å². The maximum absolute atomic E-state index is 12.0. The van der Waals surface area contributed by atoms with Crippen LogP contribution in [0.4, 0.5) is 0 Å². The summed E-state index contributed by atoms with van der Waals surface area (Å²) in [6.45, 7) is 11.8. The lowest BCUT2D eigenvalue weighted by molar-refractivity contribution is -0.125. The first-order valence-corrected chi connectivity index (χ1v) is 7.58. The molecule has 0 bridgehead atoms. The van der Waals surface area contributed by atoms with Gasteiger partial charge in [-0.3, -0.25) is 9.59 Å². The molecular weight excluding hydrogens is 266 g/mol. The highest BCUT2D eigenvalue weighted by Gasteiger charge is 2.21. The number of nitrogens with one attached hydrogen (secondary N) is 2. The molecule has 5 nitrogen and oxygen atoms in total. The number of carbonyl (C=O) groups excluding carboxylic acids is 2. The van der Waals surface area contributed by atoms with Crippen molar-refractivity contribution in [3.8, 4) is 0 Å². The summed E-state index contributed by atoms with van der Waals surface area (Å²) in [5, 5.41) is 5.91. The van der Waals surface area contributed by atoms with Gasteiger partial charge in [0, 0.05) is 30.0 Å². The van der Waals surface area contributed by atoms with Crippen LogP contribution in [0.5, 0.6) is 0 Å². The zero-order valence-corrected chi connectivity index (χ0v) is 15.0. The molecular formula is C16H33N3O2. The van der Waals surface area contributed by atoms with Gasteiger partial charge in [0.05, 0.1) is 0 Å². The third-order valence-electron chi connectivity index (χ3n) is 2.88. The molecule has 0 aromatic carbocycles. The molecule has 0 aliphatic heterocycles. The van der Waals surface area contributed by atoms with E-state index in [9.17, 15) is 9.59 Å². The van der Waals surface area contributed by atoms with E-state index in [1.54, 1.807) is 0 Å². The van der Waals surface area contributed by atoms with Gasteiger partial charge in [-0.1, -0.05) is 0 Å². The maximum atomic E-state index is 12.0. The first-order chi connectivity index (χ1) is 9.30. The van der Waals surface area contributed by atoms with Gasteiger partial charge in [0.15, 0.2) is 0 Å². The van der Waals surface area contributed by atoms with E-state index >= 15 is 0 Å². The van der Waals surface area contributed by atoms with Gasteiger partial charge in [-0.25, -0.2) is 0 Å². The number of hydrogen-bond acceptors (Lipinski definition) is 3. The molecule has 21 heavy (non-hydrogen) atoms. The molecule has 2 N–H and O–H groups in total. The Bertz CT molecular complexity index is 352. The smallest absolute Gasteiger partial charge is 0.221 e. The van der Waals surface area contributed by atoms with Crippen molar-refractivity contribution >= 4 is 11.8 Å². The van der Waals surface area contributed by atoms with Gasteiger partial charge < -0.3 is 15.5 Å². The number of amides is 2. The Morgan fingerprint density at radius 2 is 1.33 bits per heavy atom. The normalized spacial score (nSPS) is 14.0. The second-order valence-corrected chi connectivity index (χ2v) is 7.96. The minimum Gasteiger partial charge on any atom is -0.352 e. The van der Waals surface area contributed by atoms with Crippen molar-refractivity contribution in [1.82, 2.24) is 15.5 Å². The molecule has 0 aliphatic carbocycles. The van der Waals surface area contributed by atoms with Crippen molar-refractivity contribution < 1.29 is 9.59 Å². The first kappa shape index (κ1) is 19.9. The van der Waals surface area contributed by atoms with E-state index in [1.807, 2.05) is 60.5 Å². The lowest BCUT2D eigenvalue weighted by atomic mass is 10.0. The van der Waals surface area contributed by atoms with Crippen LogP contribution in [0.3, 0.4) is 0 Å². The van der Waals surface area contributed by atoms with Crippen LogP contribution in [0.1, 0.15) is 60.8 Å². The molecule has 0 saturated heterocycles. The summed E-state index contributed by atoms with van der Waals surface area (Å²) < 4.78 is 0. The molecule has 0 rings (SSSR count). The van der Waals surface area contributed by atoms with Crippen LogP contribution in [0.2, 0.25) is 0 Å². The Balaban J connectivity index is 4.39. The van der Waals surface area contributed by atoms with Crippen molar-refractivity contribution in [3.63, 3.8) is 0 Å². The van der Waals surface area contributed by atoms with Crippen molar-refractivity contribution in [1.29, 1.82) is 0 Å². The molecule has 0 aromatic heterocycles. The Hall–Kier alpha value is -1.10. The molecule has 124 valence electrons. The van der Waals surface area contributed by atoms with Crippen LogP contribution in [-0.4, -0.2) is 47.9 Å². The minimum atomic E-state index is -0.225. The van der Waals surface area contributed by atoms with E-state index in [1.165, 1.54) is 0 Å². The molecule has 0 radical (unpaired) electrons. The largest absolute Gasteiger partial charge is 0.352 e. The second-order valence-electron chi connectivity index (χ2n) is 7.96. The van der Waals surface area contributed by atoms with E-state index in [2.05, 4.69) is 10.6 Å². The van der Waals surface area contributed by atoms with Crippen LogP contribution >= 0.6 is 0 Å². The van der Waals surface area contributed by atoms with Gasteiger partial charge >= 0.3 is 0 Å². The van der Waals surface area contributed by atoms with Gasteiger partial charge in [0.25, 0.3) is 0 Å². The fourth-order valence-corrected chi connectivity index (χ4v) is 2.00. The summed E-state index contributed by atoms with van der Waals surface area (Å²) in [6, 6.07) is 0.0677. The van der Waals surface area contributed by atoms with Gasteiger partial charge in [-0.15, -0.1) is 0 Å². The lowest BCUT2D eigenvalue weighted by Crippen LogP contribution is -2.44. The van der Waals surface area contributed by atoms with Gasteiger partial charge in [-0.05, 0) is 62.1 Å². The SMILES string of the molecule is CN(C)[C@@H](CCC(=O)NC(C)(C)C)CC(=O)NC(C)(C)C. The monoisotopic (exact) mass is 299 g/mol. The van der Waals surface area contributed by atoms with E-state index in [0.717, 1.165) is 0 Å². The Morgan fingerprint density at radius 1 is 0.905 bits per heavy atom. The standard InChI is InChI=1S/C16H33N3O2/c1-15(2,3)17-13(20)10-9-12(19(7)8)11-14(21)18-16(4,5)6/h12H,9-11H2,1-8H3,(H,17,20)(H,18,21)/t12-/m0/s1. The molecule has 0 unspecified atom stereocenters. The number of nitrogens with zero attached hydrogens (tertiary/aromatic N) is 1. The predicted octanol–water partition coefficient (Wildman–Crippen LogP) is 1.92. The summed E-state index contributed by atoms with van der Waals surface area (Å²) >= 11 is 0. The Kier molecular flexibility index (Phi) is 7.37. The molecule has 0 spiro atoms.